The van der Waals surface area contributed by atoms with Crippen molar-refractivity contribution in [2.45, 2.75) is 20.0 Å². The average molecular weight is 430 g/mol. The monoisotopic (exact) mass is 429 g/mol. The summed E-state index contributed by atoms with van der Waals surface area (Å²) in [6.07, 6.45) is -0.924. The molecule has 0 bridgehead atoms. The van der Waals surface area contributed by atoms with Gasteiger partial charge >= 0.3 is 5.97 Å². The number of pyridine rings is 1. The van der Waals surface area contributed by atoms with Crippen molar-refractivity contribution in [3.05, 3.63) is 101 Å². The van der Waals surface area contributed by atoms with Crippen molar-refractivity contribution in [1.82, 2.24) is 4.98 Å². The molecule has 0 aliphatic rings. The number of nitrogens with zero attached hydrogens (tertiary/aromatic N) is 1. The second kappa shape index (κ2) is 8.70. The molecule has 4 nitrogen and oxygen atoms in total. The van der Waals surface area contributed by atoms with E-state index in [2.05, 4.69) is 0 Å². The lowest BCUT2D eigenvalue weighted by Crippen LogP contribution is -2.24. The second-order valence-corrected chi connectivity index (χ2v) is 7.67. The van der Waals surface area contributed by atoms with E-state index in [0.717, 1.165) is 11.1 Å². The number of ether oxygens (including phenoxy) is 1. The first kappa shape index (κ1) is 20.8. The molecule has 0 aliphatic carbocycles. The Labute approximate surface area is 185 Å². The Hall–Kier alpha value is -3.50. The SMILES string of the molecule is Cc1c(Cl)ccc2c(C(=O)O[C@H](C)C(=O)c3ccccc3)cc(-c3ccccc3)nc12. The van der Waals surface area contributed by atoms with Crippen molar-refractivity contribution in [2.24, 2.45) is 0 Å². The number of benzene rings is 3. The number of aryl methyl sites for hydroxylation is 1. The van der Waals surface area contributed by atoms with E-state index in [9.17, 15) is 9.59 Å². The summed E-state index contributed by atoms with van der Waals surface area (Å²) in [6, 6.07) is 23.5. The van der Waals surface area contributed by atoms with Crippen LogP contribution < -0.4 is 0 Å². The van der Waals surface area contributed by atoms with Crippen LogP contribution in [0.1, 0.15) is 33.2 Å². The van der Waals surface area contributed by atoms with E-state index in [1.54, 1.807) is 49.4 Å². The predicted octanol–water partition coefficient (Wildman–Crippen LogP) is 6.29. The smallest absolute Gasteiger partial charge is 0.339 e. The summed E-state index contributed by atoms with van der Waals surface area (Å²) in [5.74, 6) is -0.835. The van der Waals surface area contributed by atoms with Crippen LogP contribution in [0.3, 0.4) is 0 Å². The molecule has 4 rings (SSSR count). The lowest BCUT2D eigenvalue weighted by atomic mass is 10.0. The lowest BCUT2D eigenvalue weighted by Gasteiger charge is -2.15. The van der Waals surface area contributed by atoms with Gasteiger partial charge in [0.1, 0.15) is 0 Å². The minimum atomic E-state index is -0.924. The summed E-state index contributed by atoms with van der Waals surface area (Å²) in [4.78, 5) is 30.6. The van der Waals surface area contributed by atoms with Crippen LogP contribution in [0.25, 0.3) is 22.2 Å². The molecule has 1 atom stereocenters. The number of hydrogen-bond donors (Lipinski definition) is 0. The number of fused-ring (bicyclic) bond motifs is 1. The first-order chi connectivity index (χ1) is 15.0. The molecule has 154 valence electrons. The van der Waals surface area contributed by atoms with Crippen LogP contribution in [-0.2, 0) is 4.74 Å². The summed E-state index contributed by atoms with van der Waals surface area (Å²) >= 11 is 6.31. The summed E-state index contributed by atoms with van der Waals surface area (Å²) in [5.41, 5.74) is 3.74. The second-order valence-electron chi connectivity index (χ2n) is 7.27. The molecule has 0 saturated heterocycles. The number of carbonyl (C=O) groups is 2. The first-order valence-electron chi connectivity index (χ1n) is 9.91. The Morgan fingerprint density at radius 1 is 0.935 bits per heavy atom. The zero-order chi connectivity index (χ0) is 22.0. The molecule has 1 heterocycles. The molecule has 0 radical (unpaired) electrons. The quantitative estimate of drug-likeness (QED) is 0.276. The summed E-state index contributed by atoms with van der Waals surface area (Å²) in [7, 11) is 0. The van der Waals surface area contributed by atoms with Gasteiger partial charge in [-0.05, 0) is 31.5 Å². The van der Waals surface area contributed by atoms with Crippen LogP contribution in [0.15, 0.2) is 78.9 Å². The molecule has 0 aliphatic heterocycles. The zero-order valence-electron chi connectivity index (χ0n) is 17.1. The summed E-state index contributed by atoms with van der Waals surface area (Å²) < 4.78 is 5.57. The van der Waals surface area contributed by atoms with Gasteiger partial charge in [-0.25, -0.2) is 9.78 Å². The van der Waals surface area contributed by atoms with Gasteiger partial charge in [0, 0.05) is 21.5 Å². The molecule has 0 fully saturated rings. The maximum absolute atomic E-state index is 13.1. The van der Waals surface area contributed by atoms with E-state index in [0.29, 0.717) is 32.7 Å². The van der Waals surface area contributed by atoms with Gasteiger partial charge in [0.2, 0.25) is 5.78 Å². The fourth-order valence-corrected chi connectivity index (χ4v) is 3.60. The van der Waals surface area contributed by atoms with E-state index in [-0.39, 0.29) is 5.78 Å². The van der Waals surface area contributed by atoms with Crippen LogP contribution in [0.4, 0.5) is 0 Å². The number of hydrogen-bond acceptors (Lipinski definition) is 4. The fraction of sp³-hybridized carbons (Fsp3) is 0.115. The zero-order valence-corrected chi connectivity index (χ0v) is 17.9. The maximum atomic E-state index is 13.1. The number of carbonyl (C=O) groups excluding carboxylic acids is 2. The van der Waals surface area contributed by atoms with E-state index < -0.39 is 12.1 Å². The molecule has 0 N–H and O–H groups in total. The van der Waals surface area contributed by atoms with Gasteiger partial charge in [-0.3, -0.25) is 4.79 Å². The van der Waals surface area contributed by atoms with Crippen LogP contribution in [0.5, 0.6) is 0 Å². The molecule has 31 heavy (non-hydrogen) atoms. The van der Waals surface area contributed by atoms with E-state index in [1.807, 2.05) is 43.3 Å². The lowest BCUT2D eigenvalue weighted by molar-refractivity contribution is 0.0320. The van der Waals surface area contributed by atoms with Crippen LogP contribution in [0, 0.1) is 6.92 Å². The molecular weight excluding hydrogens is 410 g/mol. The first-order valence-corrected chi connectivity index (χ1v) is 10.3. The minimum absolute atomic E-state index is 0.255. The van der Waals surface area contributed by atoms with Crippen molar-refractivity contribution in [3.63, 3.8) is 0 Å². The van der Waals surface area contributed by atoms with Gasteiger partial charge in [0.25, 0.3) is 0 Å². The third-order valence-electron chi connectivity index (χ3n) is 5.17. The van der Waals surface area contributed by atoms with Gasteiger partial charge < -0.3 is 4.74 Å². The number of aromatic nitrogens is 1. The van der Waals surface area contributed by atoms with Gasteiger partial charge in [0.05, 0.1) is 16.8 Å². The molecule has 0 spiro atoms. The van der Waals surface area contributed by atoms with Gasteiger partial charge in [-0.15, -0.1) is 0 Å². The highest BCUT2D eigenvalue weighted by molar-refractivity contribution is 6.32. The molecule has 0 saturated carbocycles. The number of esters is 1. The number of rotatable bonds is 5. The van der Waals surface area contributed by atoms with Crippen molar-refractivity contribution < 1.29 is 14.3 Å². The highest BCUT2D eigenvalue weighted by Crippen LogP contribution is 2.30. The Morgan fingerprint density at radius 2 is 1.58 bits per heavy atom. The van der Waals surface area contributed by atoms with Gasteiger partial charge in [-0.2, -0.15) is 0 Å². The topological polar surface area (TPSA) is 56.3 Å². The minimum Gasteiger partial charge on any atom is -0.451 e. The van der Waals surface area contributed by atoms with Crippen molar-refractivity contribution in [1.29, 1.82) is 0 Å². The van der Waals surface area contributed by atoms with Crippen molar-refractivity contribution in [3.8, 4) is 11.3 Å². The van der Waals surface area contributed by atoms with E-state index in [1.165, 1.54) is 0 Å². The third kappa shape index (κ3) is 4.21. The van der Waals surface area contributed by atoms with E-state index >= 15 is 0 Å². The Kier molecular flexibility index (Phi) is 5.83. The van der Waals surface area contributed by atoms with Gasteiger partial charge in [-0.1, -0.05) is 78.3 Å². The molecule has 4 aromatic rings. The Bertz CT molecular complexity index is 1270. The van der Waals surface area contributed by atoms with Crippen LogP contribution in [0.2, 0.25) is 5.02 Å². The average Bonchev–Trinajstić information content (AvgIpc) is 2.81. The van der Waals surface area contributed by atoms with Crippen molar-refractivity contribution in [2.75, 3.05) is 0 Å². The third-order valence-corrected chi connectivity index (χ3v) is 5.58. The summed E-state index contributed by atoms with van der Waals surface area (Å²) in [6.45, 7) is 3.44. The standard InChI is InChI=1S/C26H20ClNO3/c1-16-22(27)14-13-20-21(15-23(28-24(16)20)18-9-5-3-6-10-18)26(30)31-17(2)25(29)19-11-7-4-8-12-19/h3-15,17H,1-2H3/t17-/m1/s1. The predicted molar refractivity (Wildman–Crippen MR) is 123 cm³/mol. The number of halogens is 1. The molecule has 3 aromatic carbocycles. The Morgan fingerprint density at radius 3 is 2.26 bits per heavy atom. The molecule has 0 unspecified atom stereocenters. The largest absolute Gasteiger partial charge is 0.451 e. The highest BCUT2D eigenvalue weighted by Gasteiger charge is 2.23. The maximum Gasteiger partial charge on any atom is 0.339 e. The van der Waals surface area contributed by atoms with Gasteiger partial charge in [0.15, 0.2) is 6.10 Å². The number of Topliss-reactive ketones (excluding diaryl/α,β-unsaturated/α-hetero) is 1. The van der Waals surface area contributed by atoms with Crippen LogP contribution in [-0.4, -0.2) is 22.8 Å². The molecule has 1 aromatic heterocycles. The van der Waals surface area contributed by atoms with Crippen LogP contribution >= 0.6 is 11.6 Å². The molecular formula is C26H20ClNO3. The molecule has 0 amide bonds. The van der Waals surface area contributed by atoms with E-state index in [4.69, 9.17) is 21.3 Å². The Balaban J connectivity index is 1.76. The summed E-state index contributed by atoms with van der Waals surface area (Å²) in [5, 5.41) is 1.20. The number of ketones is 1. The fourth-order valence-electron chi connectivity index (χ4n) is 3.44. The molecule has 5 heteroatoms. The normalized spacial score (nSPS) is 11.8. The highest BCUT2D eigenvalue weighted by atomic mass is 35.5. The van der Waals surface area contributed by atoms with Crippen molar-refractivity contribution >= 4 is 34.3 Å².